The van der Waals surface area contributed by atoms with E-state index in [-0.39, 0.29) is 0 Å². The van der Waals surface area contributed by atoms with Gasteiger partial charge in [-0.15, -0.1) is 0 Å². The Morgan fingerprint density at radius 1 is 1.30 bits per heavy atom. The second-order valence-corrected chi connectivity index (χ2v) is 8.94. The van der Waals surface area contributed by atoms with E-state index < -0.39 is 23.9 Å². The Kier molecular flexibility index (Phi) is 6.61. The highest BCUT2D eigenvalue weighted by Crippen LogP contribution is 2.25. The van der Waals surface area contributed by atoms with Crippen molar-refractivity contribution in [3.05, 3.63) is 47.8 Å². The number of ether oxygens (including phenoxy) is 1. The molecule has 1 aromatic heterocycles. The van der Waals surface area contributed by atoms with Crippen LogP contribution in [-0.2, 0) is 11.3 Å². The van der Waals surface area contributed by atoms with Crippen LogP contribution in [0.4, 0.5) is 14.9 Å². The Morgan fingerprint density at radius 2 is 2.07 bits per heavy atom. The van der Waals surface area contributed by atoms with Gasteiger partial charge in [-0.25, -0.2) is 9.18 Å². The second kappa shape index (κ2) is 9.00. The van der Waals surface area contributed by atoms with Gasteiger partial charge in [0.05, 0.1) is 6.04 Å². The lowest BCUT2D eigenvalue weighted by Crippen LogP contribution is -2.54. The number of alkyl carbamates (subject to hydrolysis) is 1. The van der Waals surface area contributed by atoms with Crippen molar-refractivity contribution in [2.24, 2.45) is 0 Å². The van der Waals surface area contributed by atoms with Crippen molar-refractivity contribution in [1.29, 1.82) is 0 Å². The molecule has 7 heteroatoms. The monoisotopic (exact) mass is 414 g/mol. The summed E-state index contributed by atoms with van der Waals surface area (Å²) in [6, 6.07) is 9.34. The number of nitrogens with two attached hydrogens (primary N) is 1. The number of aryl methyl sites for hydroxylation is 1. The lowest BCUT2D eigenvalue weighted by molar-refractivity contribution is 0.0389. The first-order valence-electron chi connectivity index (χ1n) is 10.3. The van der Waals surface area contributed by atoms with Crippen molar-refractivity contribution >= 4 is 11.8 Å². The van der Waals surface area contributed by atoms with E-state index >= 15 is 0 Å². The maximum Gasteiger partial charge on any atom is 0.408 e. The summed E-state index contributed by atoms with van der Waals surface area (Å²) >= 11 is 0. The van der Waals surface area contributed by atoms with Gasteiger partial charge < -0.3 is 15.8 Å². The zero-order chi connectivity index (χ0) is 21.9. The minimum absolute atomic E-state index is 0.359. The maximum absolute atomic E-state index is 14.4. The van der Waals surface area contributed by atoms with Crippen LogP contribution in [0.15, 0.2) is 36.5 Å². The van der Waals surface area contributed by atoms with Crippen LogP contribution < -0.4 is 11.1 Å². The molecule has 2 heterocycles. The fraction of sp³-hybridized carbons (Fsp3) is 0.478. The molecule has 0 radical (unpaired) electrons. The average Bonchev–Trinajstić information content (AvgIpc) is 2.63. The van der Waals surface area contributed by atoms with Crippen LogP contribution in [0.25, 0.3) is 11.1 Å². The summed E-state index contributed by atoms with van der Waals surface area (Å²) < 4.78 is 19.7. The molecule has 1 aromatic carbocycles. The first kappa shape index (κ1) is 22.0. The first-order valence-corrected chi connectivity index (χ1v) is 10.3. The molecule has 3 N–H and O–H groups in total. The molecule has 3 rings (SSSR count). The number of nitrogens with zero attached hydrogens (tertiary/aromatic N) is 2. The number of pyridine rings is 1. The van der Waals surface area contributed by atoms with E-state index in [1.807, 2.05) is 37.4 Å². The summed E-state index contributed by atoms with van der Waals surface area (Å²) in [6.45, 7) is 8.96. The highest BCUT2D eigenvalue weighted by molar-refractivity contribution is 5.68. The summed E-state index contributed by atoms with van der Waals surface area (Å²) in [5.74, 6) is 0. The molecule has 1 fully saturated rings. The van der Waals surface area contributed by atoms with Gasteiger partial charge in [-0.3, -0.25) is 9.88 Å². The molecule has 2 aromatic rings. The molecule has 2 atom stereocenters. The van der Waals surface area contributed by atoms with Gasteiger partial charge >= 0.3 is 6.09 Å². The van der Waals surface area contributed by atoms with Crippen LogP contribution in [0.5, 0.6) is 0 Å². The predicted molar refractivity (Wildman–Crippen MR) is 117 cm³/mol. The van der Waals surface area contributed by atoms with E-state index in [2.05, 4.69) is 21.3 Å². The van der Waals surface area contributed by atoms with Gasteiger partial charge in [0.25, 0.3) is 0 Å². The third-order valence-corrected chi connectivity index (χ3v) is 4.98. The van der Waals surface area contributed by atoms with E-state index in [1.54, 1.807) is 20.8 Å². The lowest BCUT2D eigenvalue weighted by Gasteiger charge is -2.35. The van der Waals surface area contributed by atoms with Crippen molar-refractivity contribution in [3.8, 4) is 11.1 Å². The minimum Gasteiger partial charge on any atom is -0.444 e. The Labute approximate surface area is 177 Å². The number of benzene rings is 1. The van der Waals surface area contributed by atoms with Crippen molar-refractivity contribution in [2.75, 3.05) is 18.8 Å². The second-order valence-electron chi connectivity index (χ2n) is 8.94. The lowest BCUT2D eigenvalue weighted by atomic mass is 10.0. The molecule has 162 valence electrons. The number of nitrogens with one attached hydrogen (secondary N) is 1. The number of amides is 1. The largest absolute Gasteiger partial charge is 0.444 e. The van der Waals surface area contributed by atoms with Crippen LogP contribution in [0, 0.1) is 6.92 Å². The Hall–Kier alpha value is -2.67. The van der Waals surface area contributed by atoms with Crippen LogP contribution in [0.3, 0.4) is 0 Å². The molecular weight excluding hydrogens is 383 g/mol. The zero-order valence-electron chi connectivity index (χ0n) is 18.1. The number of halogens is 1. The quantitative estimate of drug-likeness (QED) is 0.737. The van der Waals surface area contributed by atoms with Crippen molar-refractivity contribution in [1.82, 2.24) is 15.2 Å². The molecule has 1 amide bonds. The number of carbonyl (C=O) groups excluding carboxylic acids is 1. The van der Waals surface area contributed by atoms with Gasteiger partial charge in [0.1, 0.15) is 11.8 Å². The summed E-state index contributed by atoms with van der Waals surface area (Å²) in [5, 5.41) is 2.68. The number of hydrogen-bond acceptors (Lipinski definition) is 5. The van der Waals surface area contributed by atoms with Crippen LogP contribution in [0.2, 0.25) is 0 Å². The molecule has 6 nitrogen and oxygen atoms in total. The van der Waals surface area contributed by atoms with E-state index in [0.29, 0.717) is 31.7 Å². The van der Waals surface area contributed by atoms with Crippen LogP contribution in [-0.4, -0.2) is 46.9 Å². The number of anilines is 1. The average molecular weight is 415 g/mol. The molecule has 1 saturated heterocycles. The number of alkyl halides is 1. The number of piperidine rings is 1. The normalized spacial score (nSPS) is 20.0. The fourth-order valence-electron chi connectivity index (χ4n) is 3.60. The first-order chi connectivity index (χ1) is 14.1. The zero-order valence-corrected chi connectivity index (χ0v) is 18.1. The van der Waals surface area contributed by atoms with Gasteiger partial charge in [0.2, 0.25) is 0 Å². The SMILES string of the molecule is Cc1ccc(-c2cc(N)cc(CN3CC[C@@H](F)C(NC(=O)OC(C)(C)C)C3)c2)cn1. The molecule has 0 spiro atoms. The highest BCUT2D eigenvalue weighted by Gasteiger charge is 2.31. The predicted octanol–water partition coefficient (Wildman–Crippen LogP) is 4.08. The van der Waals surface area contributed by atoms with E-state index in [1.165, 1.54) is 0 Å². The third kappa shape index (κ3) is 6.16. The fourth-order valence-corrected chi connectivity index (χ4v) is 3.60. The van der Waals surface area contributed by atoms with Gasteiger partial charge in [-0.2, -0.15) is 0 Å². The number of aromatic nitrogens is 1. The maximum atomic E-state index is 14.4. The van der Waals surface area contributed by atoms with Gasteiger partial charge in [-0.1, -0.05) is 6.07 Å². The van der Waals surface area contributed by atoms with Crippen molar-refractivity contribution in [2.45, 2.75) is 58.5 Å². The number of likely N-dealkylation sites (tertiary alicyclic amines) is 1. The summed E-state index contributed by atoms with van der Waals surface area (Å²) in [7, 11) is 0. The molecular formula is C23H31FN4O2. The summed E-state index contributed by atoms with van der Waals surface area (Å²) in [5.41, 5.74) is 10.2. The van der Waals surface area contributed by atoms with E-state index in [9.17, 15) is 9.18 Å². The highest BCUT2D eigenvalue weighted by atomic mass is 19.1. The molecule has 0 bridgehead atoms. The molecule has 30 heavy (non-hydrogen) atoms. The minimum atomic E-state index is -1.09. The molecule has 1 aliphatic heterocycles. The van der Waals surface area contributed by atoms with Crippen LogP contribution >= 0.6 is 0 Å². The van der Waals surface area contributed by atoms with Gasteiger partial charge in [0.15, 0.2) is 0 Å². The van der Waals surface area contributed by atoms with E-state index in [4.69, 9.17) is 10.5 Å². The molecule has 1 aliphatic rings. The summed E-state index contributed by atoms with van der Waals surface area (Å²) in [6.07, 6.45) is 0.514. The molecule has 0 aliphatic carbocycles. The van der Waals surface area contributed by atoms with Gasteiger partial charge in [-0.05, 0) is 69.5 Å². The number of hydrogen-bond donors (Lipinski definition) is 2. The number of rotatable bonds is 4. The Balaban J connectivity index is 1.68. The van der Waals surface area contributed by atoms with Crippen molar-refractivity contribution in [3.63, 3.8) is 0 Å². The smallest absolute Gasteiger partial charge is 0.408 e. The molecule has 0 saturated carbocycles. The molecule has 1 unspecified atom stereocenters. The van der Waals surface area contributed by atoms with E-state index in [0.717, 1.165) is 22.4 Å². The third-order valence-electron chi connectivity index (χ3n) is 4.98. The topological polar surface area (TPSA) is 80.5 Å². The summed E-state index contributed by atoms with van der Waals surface area (Å²) in [4.78, 5) is 18.6. The Bertz CT molecular complexity index is 880. The standard InChI is InChI=1S/C23H31FN4O2/c1-15-5-6-17(12-26-15)18-9-16(10-19(25)11-18)13-28-8-7-20(24)21(14-28)27-22(29)30-23(2,3)4/h5-6,9-12,20-21H,7-8,13-14,25H2,1-4H3,(H,27,29)/t20-,21?/m1/s1. The van der Waals surface area contributed by atoms with Crippen LogP contribution in [0.1, 0.15) is 38.4 Å². The number of carbonyl (C=O) groups is 1. The van der Waals surface area contributed by atoms with Crippen molar-refractivity contribution < 1.29 is 13.9 Å². The Morgan fingerprint density at radius 3 is 2.73 bits per heavy atom. The number of nitrogen functional groups attached to an aromatic ring is 1. The van der Waals surface area contributed by atoms with Gasteiger partial charge in [0, 0.05) is 42.8 Å².